The molecule has 0 aromatic heterocycles. The van der Waals surface area contributed by atoms with Crippen molar-refractivity contribution in [2.45, 2.75) is 39.3 Å². The zero-order valence-corrected chi connectivity index (χ0v) is 17.6. The molecule has 2 amide bonds. The molecule has 0 bridgehead atoms. The quantitative estimate of drug-likeness (QED) is 0.582. The number of carbonyl (C=O) groups is 2. The van der Waals surface area contributed by atoms with Gasteiger partial charge in [0.05, 0.1) is 6.04 Å². The van der Waals surface area contributed by atoms with Crippen molar-refractivity contribution in [2.24, 2.45) is 0 Å². The van der Waals surface area contributed by atoms with E-state index in [0.29, 0.717) is 12.0 Å². The van der Waals surface area contributed by atoms with Gasteiger partial charge in [-0.1, -0.05) is 54.1 Å². The van der Waals surface area contributed by atoms with Gasteiger partial charge in [0, 0.05) is 29.9 Å². The van der Waals surface area contributed by atoms with Gasteiger partial charge in [0.15, 0.2) is 0 Å². The first-order valence-corrected chi connectivity index (χ1v) is 10.3. The SMILES string of the molecule is CC(=O)N(c1ccc(C)cc1)[C@H]1C[C@@H](C)N(C(=O)c2ccccc2)c2ccccc21. The second-order valence-electron chi connectivity index (χ2n) is 7.93. The van der Waals surface area contributed by atoms with Crippen molar-refractivity contribution in [3.8, 4) is 0 Å². The molecule has 2 atom stereocenters. The van der Waals surface area contributed by atoms with Crippen LogP contribution in [0.4, 0.5) is 11.4 Å². The smallest absolute Gasteiger partial charge is 0.258 e. The lowest BCUT2D eigenvalue weighted by atomic mass is 9.89. The number of fused-ring (bicyclic) bond motifs is 1. The summed E-state index contributed by atoms with van der Waals surface area (Å²) in [5.74, 6) is -0.0209. The summed E-state index contributed by atoms with van der Waals surface area (Å²) < 4.78 is 0. The fourth-order valence-corrected chi connectivity index (χ4v) is 4.34. The third-order valence-corrected chi connectivity index (χ3v) is 5.76. The van der Waals surface area contributed by atoms with Crippen LogP contribution in [-0.4, -0.2) is 17.9 Å². The Morgan fingerprint density at radius 1 is 0.900 bits per heavy atom. The highest BCUT2D eigenvalue weighted by Gasteiger charge is 2.37. The summed E-state index contributed by atoms with van der Waals surface area (Å²) in [5.41, 5.74) is 4.56. The lowest BCUT2D eigenvalue weighted by molar-refractivity contribution is -0.117. The molecule has 4 nitrogen and oxygen atoms in total. The van der Waals surface area contributed by atoms with Crippen LogP contribution in [0, 0.1) is 6.92 Å². The van der Waals surface area contributed by atoms with E-state index in [0.717, 1.165) is 22.5 Å². The molecule has 30 heavy (non-hydrogen) atoms. The van der Waals surface area contributed by atoms with E-state index in [1.165, 1.54) is 0 Å². The first kappa shape index (κ1) is 19.9. The Bertz CT molecular complexity index is 1060. The molecule has 0 saturated carbocycles. The molecular formula is C26H26N2O2. The fraction of sp³-hybridized carbons (Fsp3) is 0.231. The van der Waals surface area contributed by atoms with Gasteiger partial charge in [-0.05, 0) is 56.2 Å². The summed E-state index contributed by atoms with van der Waals surface area (Å²) in [7, 11) is 0. The highest BCUT2D eigenvalue weighted by molar-refractivity contribution is 6.07. The van der Waals surface area contributed by atoms with E-state index in [1.54, 1.807) is 6.92 Å². The molecule has 0 fully saturated rings. The lowest BCUT2D eigenvalue weighted by Gasteiger charge is -2.43. The summed E-state index contributed by atoms with van der Waals surface area (Å²) in [5, 5.41) is 0. The molecule has 3 aromatic rings. The molecule has 1 aliphatic rings. The van der Waals surface area contributed by atoms with Crippen molar-refractivity contribution in [1.82, 2.24) is 0 Å². The first-order chi connectivity index (χ1) is 14.5. The van der Waals surface area contributed by atoms with E-state index in [2.05, 4.69) is 6.92 Å². The Kier molecular flexibility index (Phi) is 5.40. The Balaban J connectivity index is 1.78. The molecule has 0 saturated heterocycles. The van der Waals surface area contributed by atoms with Crippen molar-refractivity contribution in [1.29, 1.82) is 0 Å². The van der Waals surface area contributed by atoms with Crippen LogP contribution in [-0.2, 0) is 4.79 Å². The molecule has 0 spiro atoms. The van der Waals surface area contributed by atoms with E-state index >= 15 is 0 Å². The molecule has 3 aromatic carbocycles. The van der Waals surface area contributed by atoms with Crippen molar-refractivity contribution in [3.05, 3.63) is 95.6 Å². The maximum atomic E-state index is 13.3. The molecule has 152 valence electrons. The Hall–Kier alpha value is -3.40. The molecule has 0 radical (unpaired) electrons. The molecule has 1 aliphatic heterocycles. The average molecular weight is 399 g/mol. The van der Waals surface area contributed by atoms with Crippen LogP contribution in [0.5, 0.6) is 0 Å². The van der Waals surface area contributed by atoms with Gasteiger partial charge in [0.1, 0.15) is 0 Å². The first-order valence-electron chi connectivity index (χ1n) is 10.3. The van der Waals surface area contributed by atoms with Gasteiger partial charge >= 0.3 is 0 Å². The number of carbonyl (C=O) groups excluding carboxylic acids is 2. The zero-order chi connectivity index (χ0) is 21.3. The van der Waals surface area contributed by atoms with E-state index in [-0.39, 0.29) is 23.9 Å². The Labute approximate surface area is 177 Å². The van der Waals surface area contributed by atoms with Crippen LogP contribution in [0.25, 0.3) is 0 Å². The third-order valence-electron chi connectivity index (χ3n) is 5.76. The topological polar surface area (TPSA) is 40.6 Å². The number of anilines is 2. The number of hydrogen-bond donors (Lipinski definition) is 0. The highest BCUT2D eigenvalue weighted by Crippen LogP contribution is 2.42. The Morgan fingerprint density at radius 2 is 1.53 bits per heavy atom. The molecule has 4 rings (SSSR count). The predicted octanol–water partition coefficient (Wildman–Crippen LogP) is 5.53. The van der Waals surface area contributed by atoms with E-state index in [9.17, 15) is 9.59 Å². The van der Waals surface area contributed by atoms with Crippen molar-refractivity contribution < 1.29 is 9.59 Å². The van der Waals surface area contributed by atoms with Crippen LogP contribution in [0.1, 0.15) is 47.8 Å². The number of hydrogen-bond acceptors (Lipinski definition) is 2. The number of nitrogens with zero attached hydrogens (tertiary/aromatic N) is 2. The summed E-state index contributed by atoms with van der Waals surface area (Å²) in [6.45, 7) is 5.69. The number of aryl methyl sites for hydroxylation is 1. The van der Waals surface area contributed by atoms with Crippen molar-refractivity contribution >= 4 is 23.2 Å². The third kappa shape index (κ3) is 3.61. The van der Waals surface area contributed by atoms with Gasteiger partial charge in [-0.3, -0.25) is 9.59 Å². The molecule has 0 aliphatic carbocycles. The zero-order valence-electron chi connectivity index (χ0n) is 17.6. The fourth-order valence-electron chi connectivity index (χ4n) is 4.34. The number of para-hydroxylation sites is 1. The maximum Gasteiger partial charge on any atom is 0.258 e. The minimum Gasteiger partial charge on any atom is -0.305 e. The second kappa shape index (κ2) is 8.15. The maximum absolute atomic E-state index is 13.3. The summed E-state index contributed by atoms with van der Waals surface area (Å²) in [6.07, 6.45) is 0.670. The van der Waals surface area contributed by atoms with E-state index in [4.69, 9.17) is 0 Å². The average Bonchev–Trinajstić information content (AvgIpc) is 2.75. The van der Waals surface area contributed by atoms with Crippen LogP contribution in [0.15, 0.2) is 78.9 Å². The number of benzene rings is 3. The molecule has 0 unspecified atom stereocenters. The largest absolute Gasteiger partial charge is 0.305 e. The number of amides is 2. The normalized spacial score (nSPS) is 17.9. The molecule has 1 heterocycles. The van der Waals surface area contributed by atoms with E-state index in [1.807, 2.05) is 95.6 Å². The molecule has 4 heteroatoms. The second-order valence-corrected chi connectivity index (χ2v) is 7.93. The van der Waals surface area contributed by atoms with Crippen molar-refractivity contribution in [3.63, 3.8) is 0 Å². The van der Waals surface area contributed by atoms with Gasteiger partial charge < -0.3 is 9.80 Å². The van der Waals surface area contributed by atoms with E-state index < -0.39 is 0 Å². The van der Waals surface area contributed by atoms with Crippen molar-refractivity contribution in [2.75, 3.05) is 9.80 Å². The van der Waals surface area contributed by atoms with Gasteiger partial charge in [-0.15, -0.1) is 0 Å². The summed E-state index contributed by atoms with van der Waals surface area (Å²) in [4.78, 5) is 29.8. The standard InChI is InChI=1S/C26H26N2O2/c1-18-13-15-22(16-14-18)28(20(3)29)25-17-19(2)27(24-12-8-7-11-23(24)25)26(30)21-9-5-4-6-10-21/h4-16,19,25H,17H2,1-3H3/t19-,25+/m1/s1. The predicted molar refractivity (Wildman–Crippen MR) is 121 cm³/mol. The van der Waals surface area contributed by atoms with Crippen LogP contribution < -0.4 is 9.80 Å². The lowest BCUT2D eigenvalue weighted by Crippen LogP contribution is -2.47. The molecule has 0 N–H and O–H groups in total. The van der Waals surface area contributed by atoms with Gasteiger partial charge in [0.25, 0.3) is 5.91 Å². The van der Waals surface area contributed by atoms with Crippen LogP contribution in [0.3, 0.4) is 0 Å². The minimum atomic E-state index is -0.128. The molecular weight excluding hydrogens is 372 g/mol. The monoisotopic (exact) mass is 398 g/mol. The minimum absolute atomic E-state index is 0.00584. The van der Waals surface area contributed by atoms with Gasteiger partial charge in [0.2, 0.25) is 5.91 Å². The van der Waals surface area contributed by atoms with Gasteiger partial charge in [-0.25, -0.2) is 0 Å². The Morgan fingerprint density at radius 3 is 2.20 bits per heavy atom. The van der Waals surface area contributed by atoms with Crippen LogP contribution >= 0.6 is 0 Å². The number of rotatable bonds is 3. The van der Waals surface area contributed by atoms with Gasteiger partial charge in [-0.2, -0.15) is 0 Å². The summed E-state index contributed by atoms with van der Waals surface area (Å²) in [6, 6.07) is 25.1. The van der Waals surface area contributed by atoms with Crippen LogP contribution in [0.2, 0.25) is 0 Å². The highest BCUT2D eigenvalue weighted by atomic mass is 16.2. The summed E-state index contributed by atoms with van der Waals surface area (Å²) >= 11 is 0.